The molecule has 1 saturated heterocycles. The molecule has 37 heavy (non-hydrogen) atoms. The molecule has 0 unspecified atom stereocenters. The van der Waals surface area contributed by atoms with E-state index in [1.807, 2.05) is 0 Å². The maximum Gasteiger partial charge on any atom is 0.254 e. The van der Waals surface area contributed by atoms with Gasteiger partial charge in [-0.05, 0) is 55.0 Å². The molecule has 194 valence electrons. The number of phenolic OH excluding ortho intramolecular Hbond substituents is 1. The third-order valence-electron chi connectivity index (χ3n) is 6.51. The van der Waals surface area contributed by atoms with Gasteiger partial charge in [0.1, 0.15) is 29.7 Å². The summed E-state index contributed by atoms with van der Waals surface area (Å²) in [5.74, 6) is -1.36. The Hall–Kier alpha value is -3.01. The highest BCUT2D eigenvalue weighted by atomic mass is 35.5. The fourth-order valence-corrected chi connectivity index (χ4v) is 5.54. The van der Waals surface area contributed by atoms with Crippen LogP contribution in [0.2, 0.25) is 5.02 Å². The van der Waals surface area contributed by atoms with E-state index in [1.54, 1.807) is 29.2 Å². The first-order chi connectivity index (χ1) is 17.9. The van der Waals surface area contributed by atoms with Crippen LogP contribution in [0.4, 0.5) is 14.5 Å². The zero-order chi connectivity index (χ0) is 25.9. The summed E-state index contributed by atoms with van der Waals surface area (Å²) in [5, 5.41) is 10.5. The number of benzene rings is 3. The lowest BCUT2D eigenvalue weighted by molar-refractivity contribution is 0.0437. The van der Waals surface area contributed by atoms with E-state index >= 15 is 0 Å². The summed E-state index contributed by atoms with van der Waals surface area (Å²) in [6.45, 7) is 2.24. The summed E-state index contributed by atoms with van der Waals surface area (Å²) in [5.41, 5.74) is 0.895. The molecule has 0 spiro atoms. The number of nitrogens with one attached hydrogen (secondary N) is 1. The number of hydrogen-bond acceptors (Lipinski definition) is 6. The highest BCUT2D eigenvalue weighted by molar-refractivity contribution is 8.00. The Bertz CT molecular complexity index is 1320. The molecule has 0 aromatic heterocycles. The Morgan fingerprint density at radius 2 is 1.84 bits per heavy atom. The van der Waals surface area contributed by atoms with Crippen molar-refractivity contribution in [3.8, 4) is 22.6 Å². The monoisotopic (exact) mass is 546 g/mol. The summed E-state index contributed by atoms with van der Waals surface area (Å²) in [4.78, 5) is 15.6. The van der Waals surface area contributed by atoms with Crippen LogP contribution in [-0.2, 0) is 4.74 Å². The van der Waals surface area contributed by atoms with Gasteiger partial charge >= 0.3 is 0 Å². The van der Waals surface area contributed by atoms with Crippen molar-refractivity contribution in [3.05, 3.63) is 70.8 Å². The first-order valence-corrected chi connectivity index (χ1v) is 13.1. The predicted molar refractivity (Wildman–Crippen MR) is 139 cm³/mol. The van der Waals surface area contributed by atoms with Crippen LogP contribution in [0.1, 0.15) is 23.2 Å². The number of rotatable bonds is 2. The van der Waals surface area contributed by atoms with Crippen LogP contribution in [0.5, 0.6) is 11.5 Å². The Balaban J connectivity index is 1.56. The highest BCUT2D eigenvalue weighted by Gasteiger charge is 2.25. The second-order valence-corrected chi connectivity index (χ2v) is 10.2. The summed E-state index contributed by atoms with van der Waals surface area (Å²) < 4.78 is 43.9. The minimum atomic E-state index is -0.808. The number of phenols is 1. The van der Waals surface area contributed by atoms with E-state index in [0.29, 0.717) is 31.1 Å². The molecule has 2 heterocycles. The molecule has 2 N–H and O–H groups in total. The number of amides is 1. The number of para-hydroxylation sites is 1. The van der Waals surface area contributed by atoms with E-state index in [0.717, 1.165) is 30.9 Å². The first kappa shape index (κ1) is 25.6. The van der Waals surface area contributed by atoms with Gasteiger partial charge in [-0.15, -0.1) is 0 Å². The highest BCUT2D eigenvalue weighted by Crippen LogP contribution is 2.39. The lowest BCUT2D eigenvalue weighted by atomic mass is 9.99. The minimum Gasteiger partial charge on any atom is -0.505 e. The van der Waals surface area contributed by atoms with Crippen molar-refractivity contribution >= 4 is 35.1 Å². The molecule has 6 nitrogen and oxygen atoms in total. The SMILES string of the molecule is O=C1c2cc(Cl)c(O)c(c2)SNc2cc(c(F)cc2F)-c2ccccc2OCCN1CC1CCOCC1. The van der Waals surface area contributed by atoms with Gasteiger partial charge in [0.2, 0.25) is 0 Å². The first-order valence-electron chi connectivity index (χ1n) is 11.9. The molecule has 3 aromatic rings. The van der Waals surface area contributed by atoms with Gasteiger partial charge in [-0.3, -0.25) is 4.79 Å². The van der Waals surface area contributed by atoms with Crippen molar-refractivity contribution in [1.82, 2.24) is 4.90 Å². The fraction of sp³-hybridized carbons (Fsp3) is 0.296. The lowest BCUT2D eigenvalue weighted by Crippen LogP contribution is -2.39. The van der Waals surface area contributed by atoms with Gasteiger partial charge in [0.05, 0.1) is 22.2 Å². The quantitative estimate of drug-likeness (QED) is 0.364. The molecule has 10 heteroatoms. The van der Waals surface area contributed by atoms with Crippen LogP contribution < -0.4 is 9.46 Å². The molecule has 0 aliphatic carbocycles. The van der Waals surface area contributed by atoms with E-state index < -0.39 is 11.6 Å². The molecule has 1 amide bonds. The predicted octanol–water partition coefficient (Wildman–Crippen LogP) is 6.37. The number of carbonyl (C=O) groups is 1. The molecule has 4 bridgehead atoms. The molecule has 2 aliphatic rings. The van der Waals surface area contributed by atoms with Gasteiger partial charge in [0.25, 0.3) is 5.91 Å². The largest absolute Gasteiger partial charge is 0.505 e. The Labute approximate surface area is 222 Å². The smallest absolute Gasteiger partial charge is 0.254 e. The van der Waals surface area contributed by atoms with E-state index in [4.69, 9.17) is 21.1 Å². The maximum absolute atomic E-state index is 14.9. The lowest BCUT2D eigenvalue weighted by Gasteiger charge is -2.30. The van der Waals surface area contributed by atoms with E-state index in [9.17, 15) is 18.7 Å². The van der Waals surface area contributed by atoms with Crippen LogP contribution in [0, 0.1) is 17.6 Å². The van der Waals surface area contributed by atoms with Gasteiger partial charge in [-0.2, -0.15) is 0 Å². The van der Waals surface area contributed by atoms with Crippen molar-refractivity contribution in [2.45, 2.75) is 17.7 Å². The van der Waals surface area contributed by atoms with Gasteiger partial charge in [0, 0.05) is 42.5 Å². The Kier molecular flexibility index (Phi) is 7.73. The number of nitrogens with zero attached hydrogens (tertiary/aromatic N) is 1. The van der Waals surface area contributed by atoms with Crippen molar-refractivity contribution in [3.63, 3.8) is 0 Å². The number of carbonyl (C=O) groups excluding carboxylic acids is 1. The third-order valence-corrected chi connectivity index (χ3v) is 7.65. The number of halogens is 3. The molecule has 1 fully saturated rings. The number of anilines is 1. The van der Waals surface area contributed by atoms with Gasteiger partial charge in [-0.25, -0.2) is 8.78 Å². The number of ether oxygens (including phenoxy) is 2. The van der Waals surface area contributed by atoms with Crippen molar-refractivity contribution in [2.75, 3.05) is 37.6 Å². The number of aromatic hydroxyl groups is 1. The summed E-state index contributed by atoms with van der Waals surface area (Å²) in [6.07, 6.45) is 1.69. The minimum absolute atomic E-state index is 0.000490. The standard InChI is InChI=1S/C27H25ClF2N2O4S/c28-20-11-17-12-25(26(20)33)37-31-23-13-19(21(29)14-22(23)30)18-3-1-2-4-24(18)36-10-7-32(27(17)34)15-16-5-8-35-9-6-16/h1-4,11-14,16,31,33H,5-10,15H2. The average molecular weight is 547 g/mol. The van der Waals surface area contributed by atoms with Crippen LogP contribution >= 0.6 is 23.5 Å². The number of hydrogen-bond donors (Lipinski definition) is 2. The van der Waals surface area contributed by atoms with Crippen molar-refractivity contribution in [2.24, 2.45) is 5.92 Å². The van der Waals surface area contributed by atoms with Gasteiger partial charge in [0.15, 0.2) is 0 Å². The topological polar surface area (TPSA) is 71.0 Å². The molecular weight excluding hydrogens is 522 g/mol. The summed E-state index contributed by atoms with van der Waals surface area (Å²) in [6, 6.07) is 12.0. The third kappa shape index (κ3) is 5.63. The van der Waals surface area contributed by atoms with Crippen LogP contribution in [0.15, 0.2) is 53.4 Å². The number of fused-ring (bicyclic) bond motifs is 6. The molecule has 0 atom stereocenters. The molecule has 0 saturated carbocycles. The second kappa shape index (κ2) is 11.2. The molecule has 2 aliphatic heterocycles. The van der Waals surface area contributed by atoms with E-state index in [1.165, 1.54) is 18.2 Å². The average Bonchev–Trinajstić information content (AvgIpc) is 2.90. The zero-order valence-corrected chi connectivity index (χ0v) is 21.4. The fourth-order valence-electron chi connectivity index (χ4n) is 4.50. The van der Waals surface area contributed by atoms with Crippen LogP contribution in [0.25, 0.3) is 11.1 Å². The van der Waals surface area contributed by atoms with E-state index in [-0.39, 0.29) is 57.5 Å². The van der Waals surface area contributed by atoms with Crippen molar-refractivity contribution in [1.29, 1.82) is 0 Å². The molecule has 5 rings (SSSR count). The zero-order valence-electron chi connectivity index (χ0n) is 19.8. The van der Waals surface area contributed by atoms with Gasteiger partial charge in [-0.1, -0.05) is 29.8 Å². The van der Waals surface area contributed by atoms with E-state index in [2.05, 4.69) is 4.72 Å². The molecule has 0 radical (unpaired) electrons. The van der Waals surface area contributed by atoms with Crippen LogP contribution in [-0.4, -0.2) is 48.8 Å². The normalized spacial score (nSPS) is 16.7. The Morgan fingerprint density at radius 3 is 2.65 bits per heavy atom. The van der Waals surface area contributed by atoms with Crippen LogP contribution in [0.3, 0.4) is 0 Å². The summed E-state index contributed by atoms with van der Waals surface area (Å²) >= 11 is 7.15. The molecular formula is C27H25ClF2N2O4S. The van der Waals surface area contributed by atoms with Crippen molar-refractivity contribution < 1.29 is 28.2 Å². The van der Waals surface area contributed by atoms with Gasteiger partial charge < -0.3 is 24.2 Å². The molecule has 3 aromatic carbocycles. The Morgan fingerprint density at radius 1 is 1.05 bits per heavy atom. The second-order valence-electron chi connectivity index (χ2n) is 8.97. The maximum atomic E-state index is 14.9. The summed E-state index contributed by atoms with van der Waals surface area (Å²) in [7, 11) is 0.